The van der Waals surface area contributed by atoms with Crippen molar-refractivity contribution in [3.8, 4) is 11.5 Å². The molecule has 80 valence electrons. The molecule has 0 spiro atoms. The molecule has 1 heterocycles. The summed E-state index contributed by atoms with van der Waals surface area (Å²) in [4.78, 5) is 2.11. The van der Waals surface area contributed by atoms with Crippen molar-refractivity contribution in [1.82, 2.24) is 4.90 Å². The fourth-order valence-electron chi connectivity index (χ4n) is 1.42. The molecule has 1 aliphatic rings. The fraction of sp³-hybridized carbons (Fsp3) is 0.333. The summed E-state index contributed by atoms with van der Waals surface area (Å²) in [7, 11) is 4.09. The topological polar surface area (TPSA) is 21.7 Å². The van der Waals surface area contributed by atoms with Crippen LogP contribution in [0.15, 0.2) is 24.3 Å². The van der Waals surface area contributed by atoms with Crippen LogP contribution in [0, 0.1) is 0 Å². The Morgan fingerprint density at radius 1 is 1.27 bits per heavy atom. The minimum Gasteiger partial charge on any atom is -0.454 e. The molecule has 3 nitrogen and oxygen atoms in total. The Hall–Kier alpha value is -1.48. The van der Waals surface area contributed by atoms with Gasteiger partial charge in [-0.15, -0.1) is 0 Å². The quantitative estimate of drug-likeness (QED) is 0.753. The van der Waals surface area contributed by atoms with Crippen LogP contribution in [0.4, 0.5) is 0 Å². The highest BCUT2D eigenvalue weighted by molar-refractivity contribution is 5.56. The van der Waals surface area contributed by atoms with Crippen molar-refractivity contribution < 1.29 is 9.47 Å². The first-order valence-electron chi connectivity index (χ1n) is 4.96. The third-order valence-electron chi connectivity index (χ3n) is 2.18. The van der Waals surface area contributed by atoms with Gasteiger partial charge in [0, 0.05) is 6.54 Å². The molecular weight excluding hydrogens is 190 g/mol. The first-order valence-corrected chi connectivity index (χ1v) is 4.96. The molecule has 0 saturated carbocycles. The average Bonchev–Trinajstić information content (AvgIpc) is 2.64. The standard InChI is InChI=1S/C12H15NO2/c1-13(2)7-3-4-10-5-6-11-12(8-10)15-9-14-11/h3-6,8H,7,9H2,1-2H3. The Balaban J connectivity index is 2.07. The van der Waals surface area contributed by atoms with Gasteiger partial charge in [-0.2, -0.15) is 0 Å². The van der Waals surface area contributed by atoms with Crippen LogP contribution in [0.3, 0.4) is 0 Å². The number of ether oxygens (including phenoxy) is 2. The highest BCUT2D eigenvalue weighted by atomic mass is 16.7. The summed E-state index contributed by atoms with van der Waals surface area (Å²) in [5.74, 6) is 1.67. The molecule has 1 aliphatic heterocycles. The zero-order chi connectivity index (χ0) is 10.7. The lowest BCUT2D eigenvalue weighted by atomic mass is 10.2. The normalized spacial score (nSPS) is 14.1. The number of hydrogen-bond donors (Lipinski definition) is 0. The minimum absolute atomic E-state index is 0.334. The van der Waals surface area contributed by atoms with E-state index in [1.807, 2.05) is 32.3 Å². The zero-order valence-electron chi connectivity index (χ0n) is 9.06. The number of hydrogen-bond acceptors (Lipinski definition) is 3. The number of rotatable bonds is 3. The van der Waals surface area contributed by atoms with Crippen molar-refractivity contribution in [3.05, 3.63) is 29.8 Å². The molecule has 0 atom stereocenters. The van der Waals surface area contributed by atoms with Crippen LogP contribution in [0.5, 0.6) is 11.5 Å². The van der Waals surface area contributed by atoms with Crippen LogP contribution in [-0.2, 0) is 0 Å². The summed E-state index contributed by atoms with van der Waals surface area (Å²) in [6, 6.07) is 5.96. The van der Waals surface area contributed by atoms with E-state index < -0.39 is 0 Å². The summed E-state index contributed by atoms with van der Waals surface area (Å²) in [6.07, 6.45) is 4.21. The molecule has 2 rings (SSSR count). The zero-order valence-corrected chi connectivity index (χ0v) is 9.06. The second-order valence-corrected chi connectivity index (χ2v) is 3.78. The van der Waals surface area contributed by atoms with Crippen LogP contribution in [0.25, 0.3) is 6.08 Å². The maximum absolute atomic E-state index is 5.30. The predicted octanol–water partition coefficient (Wildman–Crippen LogP) is 1.99. The lowest BCUT2D eigenvalue weighted by molar-refractivity contribution is 0.174. The molecule has 1 aromatic carbocycles. The molecule has 0 aromatic heterocycles. The number of benzene rings is 1. The second-order valence-electron chi connectivity index (χ2n) is 3.78. The second kappa shape index (κ2) is 4.36. The Morgan fingerprint density at radius 2 is 2.07 bits per heavy atom. The first kappa shape index (κ1) is 10.1. The number of nitrogens with zero attached hydrogens (tertiary/aromatic N) is 1. The van der Waals surface area contributed by atoms with Crippen LogP contribution in [0.1, 0.15) is 5.56 Å². The highest BCUT2D eigenvalue weighted by Gasteiger charge is 2.11. The Morgan fingerprint density at radius 3 is 2.87 bits per heavy atom. The van der Waals surface area contributed by atoms with Crippen LogP contribution in [0.2, 0.25) is 0 Å². The molecule has 15 heavy (non-hydrogen) atoms. The van der Waals surface area contributed by atoms with Crippen molar-refractivity contribution in [1.29, 1.82) is 0 Å². The van der Waals surface area contributed by atoms with Gasteiger partial charge in [0.15, 0.2) is 11.5 Å². The maximum Gasteiger partial charge on any atom is 0.231 e. The summed E-state index contributed by atoms with van der Waals surface area (Å²) in [5.41, 5.74) is 1.14. The predicted molar refractivity (Wildman–Crippen MR) is 60.2 cm³/mol. The lowest BCUT2D eigenvalue weighted by Gasteiger charge is -2.03. The SMILES string of the molecule is CN(C)CC=Cc1ccc2c(c1)OCO2. The van der Waals surface area contributed by atoms with Crippen LogP contribution >= 0.6 is 0 Å². The Labute approximate surface area is 89.9 Å². The molecule has 0 bridgehead atoms. The van der Waals surface area contributed by atoms with E-state index in [4.69, 9.17) is 9.47 Å². The van der Waals surface area contributed by atoms with Gasteiger partial charge >= 0.3 is 0 Å². The molecule has 0 radical (unpaired) electrons. The molecule has 1 aromatic rings. The van der Waals surface area contributed by atoms with Gasteiger partial charge in [-0.25, -0.2) is 0 Å². The van der Waals surface area contributed by atoms with E-state index in [0.29, 0.717) is 6.79 Å². The number of fused-ring (bicyclic) bond motifs is 1. The van der Waals surface area contributed by atoms with E-state index in [9.17, 15) is 0 Å². The fourth-order valence-corrected chi connectivity index (χ4v) is 1.42. The van der Waals surface area contributed by atoms with Crippen molar-refractivity contribution in [3.63, 3.8) is 0 Å². The maximum atomic E-state index is 5.30. The molecule has 0 aliphatic carbocycles. The molecule has 0 saturated heterocycles. The minimum atomic E-state index is 0.334. The lowest BCUT2D eigenvalue weighted by Crippen LogP contribution is -2.10. The van der Waals surface area contributed by atoms with Crippen molar-refractivity contribution in [2.75, 3.05) is 27.4 Å². The number of likely N-dealkylation sites (N-methyl/N-ethyl adjacent to an activating group) is 1. The van der Waals surface area contributed by atoms with Gasteiger partial charge in [0.2, 0.25) is 6.79 Å². The largest absolute Gasteiger partial charge is 0.454 e. The van der Waals surface area contributed by atoms with Gasteiger partial charge in [-0.1, -0.05) is 18.2 Å². The molecule has 0 amide bonds. The third kappa shape index (κ3) is 2.50. The smallest absolute Gasteiger partial charge is 0.231 e. The molecule has 3 heteroatoms. The van der Waals surface area contributed by atoms with Crippen molar-refractivity contribution in [2.45, 2.75) is 0 Å². The summed E-state index contributed by atoms with van der Waals surface area (Å²) >= 11 is 0. The average molecular weight is 205 g/mol. The Bertz CT molecular complexity index is 372. The molecule has 0 fully saturated rings. The van der Waals surface area contributed by atoms with Crippen LogP contribution < -0.4 is 9.47 Å². The molecule has 0 unspecified atom stereocenters. The van der Waals surface area contributed by atoms with Crippen molar-refractivity contribution >= 4 is 6.08 Å². The van der Waals surface area contributed by atoms with Gasteiger partial charge in [-0.05, 0) is 31.8 Å². The molecular formula is C12H15NO2. The monoisotopic (exact) mass is 205 g/mol. The van der Waals surface area contributed by atoms with E-state index in [1.54, 1.807) is 0 Å². The highest BCUT2D eigenvalue weighted by Crippen LogP contribution is 2.32. The van der Waals surface area contributed by atoms with E-state index in [0.717, 1.165) is 23.6 Å². The summed E-state index contributed by atoms with van der Waals surface area (Å²) in [6.45, 7) is 1.27. The van der Waals surface area contributed by atoms with Gasteiger partial charge in [0.1, 0.15) is 0 Å². The first-order chi connectivity index (χ1) is 7.25. The van der Waals surface area contributed by atoms with E-state index in [1.165, 1.54) is 0 Å². The van der Waals surface area contributed by atoms with E-state index in [-0.39, 0.29) is 0 Å². The van der Waals surface area contributed by atoms with Gasteiger partial charge in [0.05, 0.1) is 0 Å². The van der Waals surface area contributed by atoms with Crippen molar-refractivity contribution in [2.24, 2.45) is 0 Å². The summed E-state index contributed by atoms with van der Waals surface area (Å²) < 4.78 is 10.5. The van der Waals surface area contributed by atoms with Gasteiger partial charge in [0.25, 0.3) is 0 Å². The van der Waals surface area contributed by atoms with Gasteiger partial charge < -0.3 is 14.4 Å². The molecule has 0 N–H and O–H groups in total. The third-order valence-corrected chi connectivity index (χ3v) is 2.18. The van der Waals surface area contributed by atoms with E-state index in [2.05, 4.69) is 17.1 Å². The van der Waals surface area contributed by atoms with E-state index >= 15 is 0 Å². The summed E-state index contributed by atoms with van der Waals surface area (Å²) in [5, 5.41) is 0. The van der Waals surface area contributed by atoms with Crippen LogP contribution in [-0.4, -0.2) is 32.3 Å². The Kier molecular flexibility index (Phi) is 2.92. The van der Waals surface area contributed by atoms with Gasteiger partial charge in [-0.3, -0.25) is 0 Å².